The van der Waals surface area contributed by atoms with Crippen LogP contribution in [0.5, 0.6) is 0 Å². The fourth-order valence-corrected chi connectivity index (χ4v) is 2.16. The van der Waals surface area contributed by atoms with Gasteiger partial charge in [0.25, 0.3) is 0 Å². The van der Waals surface area contributed by atoms with Crippen LogP contribution in [0, 0.1) is 0 Å². The van der Waals surface area contributed by atoms with Crippen LogP contribution < -0.4 is 10.6 Å². The molecule has 0 atom stereocenters. The zero-order valence-corrected chi connectivity index (χ0v) is 10.8. The van der Waals surface area contributed by atoms with Crippen molar-refractivity contribution in [1.29, 1.82) is 0 Å². The first-order valence-corrected chi connectivity index (χ1v) is 6.64. The number of carbonyl (C=O) groups is 1. The summed E-state index contributed by atoms with van der Waals surface area (Å²) in [7, 11) is 0. The molecule has 5 nitrogen and oxygen atoms in total. The number of hydrogen-bond acceptors (Lipinski definition) is 4. The second kappa shape index (κ2) is 6.33. The van der Waals surface area contributed by atoms with Crippen LogP contribution >= 0.6 is 0 Å². The summed E-state index contributed by atoms with van der Waals surface area (Å²) in [6.07, 6.45) is 6.30. The average molecular weight is 248 g/mol. The van der Waals surface area contributed by atoms with Gasteiger partial charge in [0.1, 0.15) is 12.1 Å². The molecule has 1 aromatic heterocycles. The lowest BCUT2D eigenvalue weighted by Gasteiger charge is -2.09. The molecule has 1 aromatic rings. The van der Waals surface area contributed by atoms with Gasteiger partial charge in [-0.05, 0) is 25.7 Å². The van der Waals surface area contributed by atoms with Crippen molar-refractivity contribution in [3.63, 3.8) is 0 Å². The van der Waals surface area contributed by atoms with E-state index in [9.17, 15) is 4.79 Å². The van der Waals surface area contributed by atoms with Gasteiger partial charge < -0.3 is 10.6 Å². The van der Waals surface area contributed by atoms with Gasteiger partial charge in [-0.25, -0.2) is 9.97 Å². The maximum atomic E-state index is 11.4. The van der Waals surface area contributed by atoms with E-state index in [-0.39, 0.29) is 5.91 Å². The summed E-state index contributed by atoms with van der Waals surface area (Å²) in [5.74, 6) is 0.996. The molecule has 1 amide bonds. The lowest BCUT2D eigenvalue weighted by Crippen LogP contribution is -2.26. The number of nitrogens with zero attached hydrogens (tertiary/aromatic N) is 2. The lowest BCUT2D eigenvalue weighted by atomic mass is 10.2. The topological polar surface area (TPSA) is 66.9 Å². The second-order valence-electron chi connectivity index (χ2n) is 4.53. The first kappa shape index (κ1) is 12.8. The average Bonchev–Trinajstić information content (AvgIpc) is 2.85. The molecule has 98 valence electrons. The third-order valence-corrected chi connectivity index (χ3v) is 3.09. The molecule has 0 aliphatic heterocycles. The molecule has 2 N–H and O–H groups in total. The summed E-state index contributed by atoms with van der Waals surface area (Å²) in [6, 6.07) is 0. The monoisotopic (exact) mass is 248 g/mol. The molecule has 0 spiro atoms. The molecule has 0 unspecified atom stereocenters. The third kappa shape index (κ3) is 3.18. The van der Waals surface area contributed by atoms with Crippen LogP contribution in [0.15, 0.2) is 6.33 Å². The zero-order chi connectivity index (χ0) is 12.8. The Bertz CT molecular complexity index is 419. The second-order valence-corrected chi connectivity index (χ2v) is 4.53. The molecule has 0 fully saturated rings. The number of hydrogen-bond donors (Lipinski definition) is 2. The highest BCUT2D eigenvalue weighted by Gasteiger charge is 2.16. The van der Waals surface area contributed by atoms with E-state index in [4.69, 9.17) is 0 Å². The van der Waals surface area contributed by atoms with Gasteiger partial charge in [-0.1, -0.05) is 6.92 Å². The number of nitrogens with one attached hydrogen (secondary N) is 2. The predicted octanol–water partition coefficient (Wildman–Crippen LogP) is 1.29. The highest BCUT2D eigenvalue weighted by atomic mass is 16.1. The summed E-state index contributed by atoms with van der Waals surface area (Å²) in [5, 5.41) is 6.10. The predicted molar refractivity (Wildman–Crippen MR) is 70.5 cm³/mol. The van der Waals surface area contributed by atoms with Crippen LogP contribution in [-0.4, -0.2) is 29.0 Å². The van der Waals surface area contributed by atoms with E-state index in [0.29, 0.717) is 13.0 Å². The van der Waals surface area contributed by atoms with Gasteiger partial charge in [0, 0.05) is 30.8 Å². The molecule has 0 radical (unpaired) electrons. The summed E-state index contributed by atoms with van der Waals surface area (Å²) in [6.45, 7) is 3.42. The summed E-state index contributed by atoms with van der Waals surface area (Å²) >= 11 is 0. The van der Waals surface area contributed by atoms with Crippen LogP contribution in [-0.2, 0) is 17.6 Å². The maximum Gasteiger partial charge on any atom is 0.221 e. The third-order valence-electron chi connectivity index (χ3n) is 3.09. The lowest BCUT2D eigenvalue weighted by molar-refractivity contribution is -0.120. The molecule has 0 saturated heterocycles. The number of aromatic nitrogens is 2. The molecular weight excluding hydrogens is 228 g/mol. The van der Waals surface area contributed by atoms with Crippen LogP contribution in [0.1, 0.15) is 37.4 Å². The van der Waals surface area contributed by atoms with Crippen molar-refractivity contribution in [2.24, 2.45) is 0 Å². The number of aryl methyl sites for hydroxylation is 1. The van der Waals surface area contributed by atoms with Crippen LogP contribution in [0.4, 0.5) is 5.82 Å². The van der Waals surface area contributed by atoms with Gasteiger partial charge in [0.05, 0.1) is 0 Å². The minimum Gasteiger partial charge on any atom is -0.369 e. The largest absolute Gasteiger partial charge is 0.369 e. The highest BCUT2D eigenvalue weighted by Crippen LogP contribution is 2.24. The van der Waals surface area contributed by atoms with Crippen molar-refractivity contribution < 1.29 is 4.79 Å². The molecule has 1 aliphatic rings. The molecular formula is C13H20N4O. The Hall–Kier alpha value is -1.65. The zero-order valence-electron chi connectivity index (χ0n) is 10.8. The van der Waals surface area contributed by atoms with Crippen LogP contribution in [0.2, 0.25) is 0 Å². The molecule has 5 heteroatoms. The summed E-state index contributed by atoms with van der Waals surface area (Å²) < 4.78 is 0. The highest BCUT2D eigenvalue weighted by molar-refractivity contribution is 5.76. The minimum atomic E-state index is 0.0926. The Morgan fingerprint density at radius 1 is 1.33 bits per heavy atom. The molecule has 1 aliphatic carbocycles. The summed E-state index contributed by atoms with van der Waals surface area (Å²) in [5.41, 5.74) is 2.38. The number of rotatable bonds is 6. The molecule has 0 aromatic carbocycles. The van der Waals surface area contributed by atoms with Gasteiger partial charge in [-0.2, -0.15) is 0 Å². The van der Waals surface area contributed by atoms with Crippen LogP contribution in [0.25, 0.3) is 0 Å². The molecule has 0 bridgehead atoms. The van der Waals surface area contributed by atoms with Gasteiger partial charge in [-0.15, -0.1) is 0 Å². The number of fused-ring (bicyclic) bond motifs is 1. The Labute approximate surface area is 107 Å². The molecule has 18 heavy (non-hydrogen) atoms. The Morgan fingerprint density at radius 2 is 2.22 bits per heavy atom. The minimum absolute atomic E-state index is 0.0926. The quantitative estimate of drug-likeness (QED) is 0.796. The van der Waals surface area contributed by atoms with Crippen molar-refractivity contribution in [3.8, 4) is 0 Å². The number of amides is 1. The van der Waals surface area contributed by atoms with Crippen LogP contribution in [0.3, 0.4) is 0 Å². The van der Waals surface area contributed by atoms with E-state index >= 15 is 0 Å². The number of anilines is 1. The van der Waals surface area contributed by atoms with Gasteiger partial charge in [-0.3, -0.25) is 4.79 Å². The van der Waals surface area contributed by atoms with E-state index in [1.165, 1.54) is 5.56 Å². The van der Waals surface area contributed by atoms with Crippen molar-refractivity contribution in [3.05, 3.63) is 17.6 Å². The smallest absolute Gasteiger partial charge is 0.221 e. The van der Waals surface area contributed by atoms with Crippen molar-refractivity contribution in [2.75, 3.05) is 18.4 Å². The van der Waals surface area contributed by atoms with Gasteiger partial charge >= 0.3 is 0 Å². The van der Waals surface area contributed by atoms with Crippen molar-refractivity contribution in [2.45, 2.75) is 39.0 Å². The van der Waals surface area contributed by atoms with E-state index in [0.717, 1.165) is 43.7 Å². The normalized spacial score (nSPS) is 13.2. The summed E-state index contributed by atoms with van der Waals surface area (Å²) in [4.78, 5) is 20.0. The van der Waals surface area contributed by atoms with Gasteiger partial charge in [0.2, 0.25) is 5.91 Å². The fraction of sp³-hybridized carbons (Fsp3) is 0.615. The SMILES string of the molecule is CCCNC(=O)CCNc1ncnc2c1CCC2. The first-order chi connectivity index (χ1) is 8.81. The Balaban J connectivity index is 1.80. The maximum absolute atomic E-state index is 11.4. The first-order valence-electron chi connectivity index (χ1n) is 6.64. The number of carbonyl (C=O) groups excluding carboxylic acids is 1. The van der Waals surface area contributed by atoms with E-state index in [2.05, 4.69) is 20.6 Å². The van der Waals surface area contributed by atoms with Crippen molar-refractivity contribution >= 4 is 11.7 Å². The molecule has 2 rings (SSSR count). The molecule has 1 heterocycles. The fourth-order valence-electron chi connectivity index (χ4n) is 2.16. The van der Waals surface area contributed by atoms with E-state index in [1.807, 2.05) is 6.92 Å². The van der Waals surface area contributed by atoms with E-state index < -0.39 is 0 Å². The molecule has 0 saturated carbocycles. The van der Waals surface area contributed by atoms with Gasteiger partial charge in [0.15, 0.2) is 0 Å². The standard InChI is InChI=1S/C13H20N4O/c1-2-7-14-12(18)6-8-15-13-10-4-3-5-11(10)16-9-17-13/h9H,2-8H2,1H3,(H,14,18)(H,15,16,17). The van der Waals surface area contributed by atoms with E-state index in [1.54, 1.807) is 6.33 Å². The Kier molecular flexibility index (Phi) is 4.50. The van der Waals surface area contributed by atoms with Crippen molar-refractivity contribution in [1.82, 2.24) is 15.3 Å². The Morgan fingerprint density at radius 3 is 3.06 bits per heavy atom.